The Bertz CT molecular complexity index is 186. The fourth-order valence-corrected chi connectivity index (χ4v) is 2.58. The molecule has 1 amide bonds. The predicted molar refractivity (Wildman–Crippen MR) is 62.0 cm³/mol. The van der Waals surface area contributed by atoms with Gasteiger partial charge in [-0.3, -0.25) is 4.79 Å². The van der Waals surface area contributed by atoms with Gasteiger partial charge >= 0.3 is 0 Å². The summed E-state index contributed by atoms with van der Waals surface area (Å²) >= 11 is 2.38. The highest BCUT2D eigenvalue weighted by Crippen LogP contribution is 2.22. The summed E-state index contributed by atoms with van der Waals surface area (Å²) < 4.78 is 1.14. The first-order valence-electron chi connectivity index (χ1n) is 4.69. The molecular formula is C9H17IN2O. The minimum atomic E-state index is 0.198. The van der Waals surface area contributed by atoms with Crippen LogP contribution in [0.3, 0.4) is 0 Å². The van der Waals surface area contributed by atoms with Crippen LogP contribution in [0.1, 0.15) is 6.92 Å². The highest BCUT2D eigenvalue weighted by molar-refractivity contribution is 14.1. The van der Waals surface area contributed by atoms with Gasteiger partial charge in [0.1, 0.15) is 0 Å². The van der Waals surface area contributed by atoms with Crippen molar-refractivity contribution in [2.45, 2.75) is 6.92 Å². The average molecular weight is 296 g/mol. The Balaban J connectivity index is 2.46. The van der Waals surface area contributed by atoms with Crippen molar-refractivity contribution in [1.82, 2.24) is 10.2 Å². The summed E-state index contributed by atoms with van der Waals surface area (Å²) in [5, 5.41) is 2.73. The van der Waals surface area contributed by atoms with Crippen LogP contribution in [0.4, 0.5) is 0 Å². The standard InChI is InChI=1S/C9H17IN2O/c1-7-5-12(4-3-10)6-8(7)9(13)11-2/h7-8H,3-6H2,1-2H3,(H,11,13)/t7-,8-/m1/s1. The fourth-order valence-electron chi connectivity index (χ4n) is 1.90. The van der Waals surface area contributed by atoms with E-state index in [0.717, 1.165) is 24.1 Å². The van der Waals surface area contributed by atoms with E-state index in [4.69, 9.17) is 0 Å². The topological polar surface area (TPSA) is 32.3 Å². The molecule has 1 aliphatic heterocycles. The molecule has 0 spiro atoms. The first-order valence-corrected chi connectivity index (χ1v) is 6.21. The van der Waals surface area contributed by atoms with Crippen molar-refractivity contribution in [3.8, 4) is 0 Å². The molecule has 1 rings (SSSR count). The molecular weight excluding hydrogens is 279 g/mol. The second kappa shape index (κ2) is 5.14. The number of nitrogens with zero attached hydrogens (tertiary/aromatic N) is 1. The zero-order valence-electron chi connectivity index (χ0n) is 8.22. The molecule has 3 nitrogen and oxygen atoms in total. The van der Waals surface area contributed by atoms with Crippen molar-refractivity contribution in [3.05, 3.63) is 0 Å². The number of alkyl halides is 1. The maximum atomic E-state index is 11.4. The highest BCUT2D eigenvalue weighted by atomic mass is 127. The number of rotatable bonds is 3. The van der Waals surface area contributed by atoms with Gasteiger partial charge in [-0.15, -0.1) is 0 Å². The van der Waals surface area contributed by atoms with Gasteiger partial charge in [-0.05, 0) is 5.92 Å². The normalized spacial score (nSPS) is 29.2. The van der Waals surface area contributed by atoms with Gasteiger partial charge in [-0.2, -0.15) is 0 Å². The van der Waals surface area contributed by atoms with E-state index in [9.17, 15) is 4.79 Å². The van der Waals surface area contributed by atoms with Gasteiger partial charge in [-0.25, -0.2) is 0 Å². The molecule has 1 aliphatic rings. The van der Waals surface area contributed by atoms with E-state index >= 15 is 0 Å². The number of amides is 1. The van der Waals surface area contributed by atoms with Crippen molar-refractivity contribution in [1.29, 1.82) is 0 Å². The smallest absolute Gasteiger partial charge is 0.224 e. The summed E-state index contributed by atoms with van der Waals surface area (Å²) in [7, 11) is 1.72. The third-order valence-electron chi connectivity index (χ3n) is 2.67. The zero-order valence-corrected chi connectivity index (χ0v) is 10.4. The zero-order chi connectivity index (χ0) is 9.84. The predicted octanol–water partition coefficient (Wildman–Crippen LogP) is 0.735. The minimum Gasteiger partial charge on any atom is -0.359 e. The van der Waals surface area contributed by atoms with Crippen LogP contribution in [0.25, 0.3) is 0 Å². The first kappa shape index (κ1) is 11.2. The van der Waals surface area contributed by atoms with Crippen LogP contribution in [-0.4, -0.2) is 41.9 Å². The van der Waals surface area contributed by atoms with Crippen LogP contribution in [0, 0.1) is 11.8 Å². The van der Waals surface area contributed by atoms with Gasteiger partial charge < -0.3 is 10.2 Å². The number of nitrogens with one attached hydrogen (secondary N) is 1. The van der Waals surface area contributed by atoms with E-state index in [0.29, 0.717) is 5.92 Å². The summed E-state index contributed by atoms with van der Waals surface area (Å²) in [6.45, 7) is 5.27. The maximum Gasteiger partial charge on any atom is 0.224 e. The Morgan fingerprint density at radius 3 is 2.85 bits per heavy atom. The Hall–Kier alpha value is 0.160. The van der Waals surface area contributed by atoms with Crippen molar-refractivity contribution >= 4 is 28.5 Å². The SMILES string of the molecule is CNC(=O)[C@@H]1CN(CCI)C[C@H]1C. The van der Waals surface area contributed by atoms with E-state index in [1.165, 1.54) is 0 Å². The number of hydrogen-bond donors (Lipinski definition) is 1. The van der Waals surface area contributed by atoms with Crippen LogP contribution in [0.2, 0.25) is 0 Å². The van der Waals surface area contributed by atoms with Crippen LogP contribution in [-0.2, 0) is 4.79 Å². The third kappa shape index (κ3) is 2.80. The fraction of sp³-hybridized carbons (Fsp3) is 0.889. The van der Waals surface area contributed by atoms with E-state index in [1.54, 1.807) is 7.05 Å². The second-order valence-corrected chi connectivity index (χ2v) is 4.73. The molecule has 1 fully saturated rings. The maximum absolute atomic E-state index is 11.4. The molecule has 13 heavy (non-hydrogen) atoms. The largest absolute Gasteiger partial charge is 0.359 e. The molecule has 0 bridgehead atoms. The Kier molecular flexibility index (Phi) is 4.45. The van der Waals surface area contributed by atoms with E-state index in [-0.39, 0.29) is 11.8 Å². The molecule has 0 radical (unpaired) electrons. The van der Waals surface area contributed by atoms with Crippen LogP contribution >= 0.6 is 22.6 Å². The molecule has 0 aromatic rings. The van der Waals surface area contributed by atoms with Crippen molar-refractivity contribution in [2.24, 2.45) is 11.8 Å². The quantitative estimate of drug-likeness (QED) is 0.615. The molecule has 2 atom stereocenters. The van der Waals surface area contributed by atoms with Crippen LogP contribution < -0.4 is 5.32 Å². The van der Waals surface area contributed by atoms with Crippen LogP contribution in [0.5, 0.6) is 0 Å². The Labute approximate surface area is 93.4 Å². The van der Waals surface area contributed by atoms with Gasteiger partial charge in [-0.1, -0.05) is 29.5 Å². The Morgan fingerprint density at radius 2 is 2.31 bits per heavy atom. The number of carbonyl (C=O) groups excluding carboxylic acids is 1. The van der Waals surface area contributed by atoms with E-state index in [2.05, 4.69) is 39.7 Å². The summed E-state index contributed by atoms with van der Waals surface area (Å²) in [4.78, 5) is 13.8. The lowest BCUT2D eigenvalue weighted by molar-refractivity contribution is -0.125. The number of hydrogen-bond acceptors (Lipinski definition) is 2. The minimum absolute atomic E-state index is 0.198. The van der Waals surface area contributed by atoms with E-state index < -0.39 is 0 Å². The number of likely N-dealkylation sites (tertiary alicyclic amines) is 1. The number of halogens is 1. The second-order valence-electron chi connectivity index (χ2n) is 3.65. The molecule has 0 aromatic heterocycles. The Morgan fingerprint density at radius 1 is 1.62 bits per heavy atom. The molecule has 0 unspecified atom stereocenters. The van der Waals surface area contributed by atoms with Crippen molar-refractivity contribution in [3.63, 3.8) is 0 Å². The van der Waals surface area contributed by atoms with Gasteiger partial charge in [0, 0.05) is 31.1 Å². The molecule has 76 valence electrons. The van der Waals surface area contributed by atoms with Gasteiger partial charge in [0.25, 0.3) is 0 Å². The summed E-state index contributed by atoms with van der Waals surface area (Å²) in [5.41, 5.74) is 0. The molecule has 4 heteroatoms. The van der Waals surface area contributed by atoms with Gasteiger partial charge in [0.2, 0.25) is 5.91 Å². The van der Waals surface area contributed by atoms with Gasteiger partial charge in [0.15, 0.2) is 0 Å². The highest BCUT2D eigenvalue weighted by Gasteiger charge is 2.33. The molecule has 0 aromatic carbocycles. The lowest BCUT2D eigenvalue weighted by Crippen LogP contribution is -2.32. The van der Waals surface area contributed by atoms with Crippen molar-refractivity contribution < 1.29 is 4.79 Å². The molecule has 1 saturated heterocycles. The summed E-state index contributed by atoms with van der Waals surface area (Å²) in [6.07, 6.45) is 0. The lowest BCUT2D eigenvalue weighted by atomic mass is 9.98. The van der Waals surface area contributed by atoms with Crippen molar-refractivity contribution in [2.75, 3.05) is 31.1 Å². The van der Waals surface area contributed by atoms with Crippen LogP contribution in [0.15, 0.2) is 0 Å². The van der Waals surface area contributed by atoms with E-state index in [1.807, 2.05) is 0 Å². The molecule has 0 saturated carbocycles. The first-order chi connectivity index (χ1) is 6.19. The summed E-state index contributed by atoms with van der Waals surface area (Å²) in [5.74, 6) is 0.902. The average Bonchev–Trinajstić information content (AvgIpc) is 2.46. The molecule has 1 N–H and O–H groups in total. The lowest BCUT2D eigenvalue weighted by Gasteiger charge is -2.13. The molecule has 1 heterocycles. The summed E-state index contributed by atoms with van der Waals surface area (Å²) in [6, 6.07) is 0. The van der Waals surface area contributed by atoms with Gasteiger partial charge in [0.05, 0.1) is 5.92 Å². The molecule has 0 aliphatic carbocycles. The monoisotopic (exact) mass is 296 g/mol. The third-order valence-corrected chi connectivity index (χ3v) is 3.15. The number of carbonyl (C=O) groups is 1.